The molecule has 0 amide bonds. The molecule has 0 aliphatic carbocycles. The van der Waals surface area contributed by atoms with E-state index in [1.807, 2.05) is 60.7 Å². The van der Waals surface area contributed by atoms with Crippen LogP contribution in [0.1, 0.15) is 11.4 Å². The Hall–Kier alpha value is -3.58. The second-order valence-corrected chi connectivity index (χ2v) is 7.12. The summed E-state index contributed by atoms with van der Waals surface area (Å²) < 4.78 is 0.767. The molecule has 0 saturated carbocycles. The van der Waals surface area contributed by atoms with Crippen molar-refractivity contribution in [3.63, 3.8) is 0 Å². The minimum atomic E-state index is 0.0226. The quantitative estimate of drug-likeness (QED) is 0.275. The van der Waals surface area contributed by atoms with Crippen LogP contribution in [0, 0.1) is 0 Å². The van der Waals surface area contributed by atoms with E-state index in [0.717, 1.165) is 15.6 Å². The van der Waals surface area contributed by atoms with Gasteiger partial charge >= 0.3 is 0 Å². The lowest BCUT2D eigenvalue weighted by Crippen LogP contribution is -2.14. The summed E-state index contributed by atoms with van der Waals surface area (Å²) in [6.45, 7) is 0. The van der Waals surface area contributed by atoms with Gasteiger partial charge in [-0.05, 0) is 18.2 Å². The van der Waals surface area contributed by atoms with E-state index < -0.39 is 0 Å². The summed E-state index contributed by atoms with van der Waals surface area (Å²) in [5.41, 5.74) is 3.74. The molecule has 6 nitrogen and oxygen atoms in total. The van der Waals surface area contributed by atoms with E-state index in [1.165, 1.54) is 0 Å². The lowest BCUT2D eigenvalue weighted by Gasteiger charge is -2.11. The molecule has 4 rings (SSSR count). The van der Waals surface area contributed by atoms with Crippen LogP contribution in [-0.2, 0) is 0 Å². The highest BCUT2D eigenvalue weighted by atomic mass is 79.9. The summed E-state index contributed by atoms with van der Waals surface area (Å²) >= 11 is 3.40. The van der Waals surface area contributed by atoms with Crippen LogP contribution in [0.15, 0.2) is 88.4 Å². The second-order valence-electron chi connectivity index (χ2n) is 6.20. The molecule has 7 heteroatoms. The fourth-order valence-corrected chi connectivity index (χ4v) is 3.32. The van der Waals surface area contributed by atoms with E-state index in [2.05, 4.69) is 31.2 Å². The van der Waals surface area contributed by atoms with Gasteiger partial charge in [-0.1, -0.05) is 76.6 Å². The average molecular weight is 446 g/mol. The molecule has 0 fully saturated rings. The van der Waals surface area contributed by atoms with E-state index in [-0.39, 0.29) is 17.3 Å². The highest BCUT2D eigenvalue weighted by Crippen LogP contribution is 2.29. The molecule has 1 aromatic heterocycles. The van der Waals surface area contributed by atoms with Crippen LogP contribution >= 0.6 is 15.9 Å². The Morgan fingerprint density at radius 2 is 1.45 bits per heavy atom. The van der Waals surface area contributed by atoms with Gasteiger partial charge in [0.2, 0.25) is 5.82 Å². The van der Waals surface area contributed by atoms with Gasteiger partial charge in [0.1, 0.15) is 22.8 Å². The number of nitrogens with zero attached hydrogens (tertiary/aromatic N) is 4. The molecule has 3 aromatic carbocycles. The molecule has 29 heavy (non-hydrogen) atoms. The second kappa shape index (κ2) is 8.20. The van der Waals surface area contributed by atoms with E-state index in [9.17, 15) is 5.11 Å². The summed E-state index contributed by atoms with van der Waals surface area (Å²) in [6.07, 6.45) is 0. The van der Waals surface area contributed by atoms with Gasteiger partial charge in [0.15, 0.2) is 0 Å². The maximum atomic E-state index is 10.3. The number of hydrogen-bond donors (Lipinski definition) is 2. The van der Waals surface area contributed by atoms with Gasteiger partial charge in [-0.25, -0.2) is 4.98 Å². The zero-order valence-electron chi connectivity index (χ0n) is 15.2. The zero-order chi connectivity index (χ0) is 20.2. The van der Waals surface area contributed by atoms with E-state index in [1.54, 1.807) is 18.2 Å². The van der Waals surface area contributed by atoms with Crippen molar-refractivity contribution in [2.24, 2.45) is 10.9 Å². The third-order valence-corrected chi connectivity index (χ3v) is 4.83. The molecule has 0 aliphatic rings. The Morgan fingerprint density at radius 3 is 2.07 bits per heavy atom. The SMILES string of the molecule is N/N=C(/c1nnc(-c2ccccc2)c(-c2ccccc2)n1)c1cc(Br)ccc1O. The van der Waals surface area contributed by atoms with E-state index in [4.69, 9.17) is 10.8 Å². The number of aromatic hydroxyl groups is 1. The minimum Gasteiger partial charge on any atom is -0.507 e. The van der Waals surface area contributed by atoms with Crippen LogP contribution in [0.2, 0.25) is 0 Å². The van der Waals surface area contributed by atoms with Crippen LogP contribution < -0.4 is 5.84 Å². The molecule has 4 aromatic rings. The first kappa shape index (κ1) is 18.8. The van der Waals surface area contributed by atoms with Crippen LogP contribution in [0.25, 0.3) is 22.5 Å². The topological polar surface area (TPSA) is 97.3 Å². The molecule has 0 radical (unpaired) electrons. The first-order valence-electron chi connectivity index (χ1n) is 8.80. The zero-order valence-corrected chi connectivity index (χ0v) is 16.8. The number of phenolic OH excluding ortho intramolecular Hbond substituents is 1. The van der Waals surface area contributed by atoms with Gasteiger partial charge in [-0.3, -0.25) is 0 Å². The molecule has 0 unspecified atom stereocenters. The fourth-order valence-electron chi connectivity index (χ4n) is 2.96. The van der Waals surface area contributed by atoms with Crippen molar-refractivity contribution in [3.8, 4) is 28.3 Å². The lowest BCUT2D eigenvalue weighted by atomic mass is 10.0. The van der Waals surface area contributed by atoms with Crippen LogP contribution in [0.3, 0.4) is 0 Å². The summed E-state index contributed by atoms with van der Waals surface area (Å²) in [4.78, 5) is 4.73. The molecule has 0 aliphatic heterocycles. The van der Waals surface area contributed by atoms with Gasteiger partial charge in [0.05, 0.1) is 0 Å². The van der Waals surface area contributed by atoms with Gasteiger partial charge in [-0.2, -0.15) is 5.10 Å². The molecular formula is C22H16BrN5O. The summed E-state index contributed by atoms with van der Waals surface area (Å²) in [5.74, 6) is 5.89. The van der Waals surface area contributed by atoms with Crippen molar-refractivity contribution >= 4 is 21.6 Å². The van der Waals surface area contributed by atoms with Crippen molar-refractivity contribution in [1.82, 2.24) is 15.2 Å². The first-order chi connectivity index (χ1) is 14.2. The number of nitrogens with two attached hydrogens (primary N) is 1. The summed E-state index contributed by atoms with van der Waals surface area (Å²) in [5, 5.41) is 22.8. The standard InChI is InChI=1S/C22H16BrN5O/c23-16-11-12-18(29)17(13-16)21(26-24)22-25-19(14-7-3-1-4-8-14)20(27-28-22)15-9-5-2-6-10-15/h1-13,29H,24H2/b26-21+. The van der Waals surface area contributed by atoms with Crippen molar-refractivity contribution < 1.29 is 5.11 Å². The summed E-state index contributed by atoms with van der Waals surface area (Å²) in [7, 11) is 0. The van der Waals surface area contributed by atoms with Crippen LogP contribution in [-0.4, -0.2) is 26.0 Å². The number of rotatable bonds is 4. The number of hydrogen-bond acceptors (Lipinski definition) is 6. The Balaban J connectivity index is 1.91. The summed E-state index contributed by atoms with van der Waals surface area (Å²) in [6, 6.07) is 24.4. The molecule has 0 saturated heterocycles. The van der Waals surface area contributed by atoms with Crippen molar-refractivity contribution in [3.05, 3.63) is 94.7 Å². The molecule has 3 N–H and O–H groups in total. The van der Waals surface area contributed by atoms with Gasteiger partial charge in [0, 0.05) is 21.2 Å². The maximum absolute atomic E-state index is 10.3. The molecule has 0 spiro atoms. The van der Waals surface area contributed by atoms with Crippen LogP contribution in [0.5, 0.6) is 5.75 Å². The number of hydrazone groups is 1. The molecular weight excluding hydrogens is 430 g/mol. The normalized spacial score (nSPS) is 11.4. The van der Waals surface area contributed by atoms with Crippen molar-refractivity contribution in [2.75, 3.05) is 0 Å². The molecule has 0 bridgehead atoms. The maximum Gasteiger partial charge on any atom is 0.203 e. The minimum absolute atomic E-state index is 0.0226. The smallest absolute Gasteiger partial charge is 0.203 e. The fraction of sp³-hybridized carbons (Fsp3) is 0. The highest BCUT2D eigenvalue weighted by molar-refractivity contribution is 9.10. The third kappa shape index (κ3) is 3.86. The first-order valence-corrected chi connectivity index (χ1v) is 9.59. The predicted molar refractivity (Wildman–Crippen MR) is 116 cm³/mol. The largest absolute Gasteiger partial charge is 0.507 e. The molecule has 142 valence electrons. The van der Waals surface area contributed by atoms with Crippen molar-refractivity contribution in [2.45, 2.75) is 0 Å². The third-order valence-electron chi connectivity index (χ3n) is 4.34. The lowest BCUT2D eigenvalue weighted by molar-refractivity contribution is 0.474. The van der Waals surface area contributed by atoms with Gasteiger partial charge < -0.3 is 10.9 Å². The van der Waals surface area contributed by atoms with E-state index in [0.29, 0.717) is 17.0 Å². The Morgan fingerprint density at radius 1 is 0.828 bits per heavy atom. The van der Waals surface area contributed by atoms with Gasteiger partial charge in [-0.15, -0.1) is 10.2 Å². The number of phenols is 1. The van der Waals surface area contributed by atoms with E-state index >= 15 is 0 Å². The van der Waals surface area contributed by atoms with Crippen molar-refractivity contribution in [1.29, 1.82) is 0 Å². The van der Waals surface area contributed by atoms with Crippen LogP contribution in [0.4, 0.5) is 0 Å². The Labute approximate surface area is 175 Å². The number of aromatic nitrogens is 3. The monoisotopic (exact) mass is 445 g/mol. The Bertz CT molecular complexity index is 1180. The molecule has 0 atom stereocenters. The number of benzene rings is 3. The predicted octanol–water partition coefficient (Wildman–Crippen LogP) is 4.38. The Kier molecular flexibility index (Phi) is 5.31. The highest BCUT2D eigenvalue weighted by Gasteiger charge is 2.19. The van der Waals surface area contributed by atoms with Gasteiger partial charge in [0.25, 0.3) is 0 Å². The average Bonchev–Trinajstić information content (AvgIpc) is 2.78. The molecule has 1 heterocycles. The number of halogens is 1.